The second-order valence-corrected chi connectivity index (χ2v) is 6.08. The highest BCUT2D eigenvalue weighted by atomic mass is 32.1. The van der Waals surface area contributed by atoms with E-state index in [2.05, 4.69) is 0 Å². The van der Waals surface area contributed by atoms with Gasteiger partial charge in [0.1, 0.15) is 11.9 Å². The van der Waals surface area contributed by atoms with Crippen molar-refractivity contribution in [3.05, 3.63) is 52.0 Å². The second kappa shape index (κ2) is 4.39. The molecule has 0 N–H and O–H groups in total. The quantitative estimate of drug-likeness (QED) is 0.760. The Morgan fingerprint density at radius 2 is 2.10 bits per heavy atom. The van der Waals surface area contributed by atoms with Crippen LogP contribution in [0.25, 0.3) is 0 Å². The van der Waals surface area contributed by atoms with Gasteiger partial charge in [-0.25, -0.2) is 14.1 Å². The van der Waals surface area contributed by atoms with Crippen molar-refractivity contribution in [1.29, 1.82) is 0 Å². The number of anilines is 1. The van der Waals surface area contributed by atoms with E-state index < -0.39 is 11.9 Å². The third kappa shape index (κ3) is 1.72. The summed E-state index contributed by atoms with van der Waals surface area (Å²) in [6.07, 6.45) is 0.763. The molecule has 1 unspecified atom stereocenters. The molecule has 3 heterocycles. The van der Waals surface area contributed by atoms with Crippen LogP contribution in [0.15, 0.2) is 35.7 Å². The van der Waals surface area contributed by atoms with E-state index in [-0.39, 0.29) is 17.6 Å². The number of thiophene rings is 1. The first-order valence-corrected chi connectivity index (χ1v) is 7.51. The van der Waals surface area contributed by atoms with Crippen molar-refractivity contribution in [2.75, 3.05) is 11.4 Å². The van der Waals surface area contributed by atoms with Gasteiger partial charge in [-0.05, 0) is 41.6 Å². The Kier molecular flexibility index (Phi) is 2.62. The average Bonchev–Trinajstić information content (AvgIpc) is 3.02. The van der Waals surface area contributed by atoms with Crippen LogP contribution in [0.5, 0.6) is 0 Å². The fraction of sp³-hybridized carbons (Fsp3) is 0.200. The van der Waals surface area contributed by atoms with Gasteiger partial charge in [-0.15, -0.1) is 11.3 Å². The molecule has 2 aromatic rings. The Hall–Kier alpha value is -2.21. The standard InChI is InChI=1S/C15H11FN2O2S/c16-9-2-1-3-10(8-9)18-14(19)13-11-5-7-21-12(11)4-6-17(13)15(18)20/h1-3,5,7-8,13H,4,6H2. The highest BCUT2D eigenvalue weighted by Gasteiger charge is 2.49. The fourth-order valence-electron chi connectivity index (χ4n) is 2.99. The molecular weight excluding hydrogens is 291 g/mol. The molecule has 0 aliphatic carbocycles. The normalized spacial score (nSPS) is 20.7. The summed E-state index contributed by atoms with van der Waals surface area (Å²) < 4.78 is 13.4. The first-order chi connectivity index (χ1) is 10.2. The van der Waals surface area contributed by atoms with Crippen LogP contribution < -0.4 is 4.90 Å². The van der Waals surface area contributed by atoms with Crippen LogP contribution in [0.3, 0.4) is 0 Å². The number of carbonyl (C=O) groups excluding carboxylic acids is 2. The first-order valence-electron chi connectivity index (χ1n) is 6.63. The molecule has 0 bridgehead atoms. The van der Waals surface area contributed by atoms with E-state index in [1.807, 2.05) is 11.4 Å². The summed E-state index contributed by atoms with van der Waals surface area (Å²) in [5.74, 6) is -0.765. The molecular formula is C15H11FN2O2S. The number of rotatable bonds is 1. The van der Waals surface area contributed by atoms with Crippen molar-refractivity contribution in [1.82, 2.24) is 4.90 Å². The Balaban J connectivity index is 1.80. The molecule has 6 heteroatoms. The predicted octanol–water partition coefficient (Wildman–Crippen LogP) is 2.95. The summed E-state index contributed by atoms with van der Waals surface area (Å²) in [5, 5.41) is 1.94. The lowest BCUT2D eigenvalue weighted by Gasteiger charge is -2.26. The zero-order chi connectivity index (χ0) is 14.6. The molecule has 1 saturated heterocycles. The molecule has 4 rings (SSSR count). The van der Waals surface area contributed by atoms with Crippen molar-refractivity contribution in [3.63, 3.8) is 0 Å². The average molecular weight is 302 g/mol. The topological polar surface area (TPSA) is 40.6 Å². The highest BCUT2D eigenvalue weighted by molar-refractivity contribution is 7.10. The van der Waals surface area contributed by atoms with Gasteiger partial charge in [-0.1, -0.05) is 6.07 Å². The Morgan fingerprint density at radius 3 is 2.90 bits per heavy atom. The van der Waals surface area contributed by atoms with Crippen molar-refractivity contribution in [2.45, 2.75) is 12.5 Å². The van der Waals surface area contributed by atoms with Gasteiger partial charge in [0.25, 0.3) is 5.91 Å². The Labute approximate surface area is 124 Å². The smallest absolute Gasteiger partial charge is 0.307 e. The monoisotopic (exact) mass is 302 g/mol. The maximum Gasteiger partial charge on any atom is 0.332 e. The second-order valence-electron chi connectivity index (χ2n) is 5.08. The highest BCUT2D eigenvalue weighted by Crippen LogP contribution is 2.40. The molecule has 1 atom stereocenters. The number of fused-ring (bicyclic) bond motifs is 3. The predicted molar refractivity (Wildman–Crippen MR) is 76.8 cm³/mol. The van der Waals surface area contributed by atoms with E-state index in [0.717, 1.165) is 21.8 Å². The van der Waals surface area contributed by atoms with Crippen molar-refractivity contribution in [3.8, 4) is 0 Å². The number of amides is 3. The largest absolute Gasteiger partial charge is 0.332 e. The van der Waals surface area contributed by atoms with Crippen LogP contribution >= 0.6 is 11.3 Å². The summed E-state index contributed by atoms with van der Waals surface area (Å²) in [4.78, 5) is 29.0. The summed E-state index contributed by atoms with van der Waals surface area (Å²) in [6, 6.07) is 6.55. The lowest BCUT2D eigenvalue weighted by Crippen LogP contribution is -2.36. The molecule has 106 valence electrons. The first kappa shape index (κ1) is 12.5. The number of hydrogen-bond acceptors (Lipinski definition) is 3. The van der Waals surface area contributed by atoms with Gasteiger partial charge in [0, 0.05) is 11.4 Å². The zero-order valence-electron chi connectivity index (χ0n) is 11.0. The number of hydrogen-bond donors (Lipinski definition) is 0. The number of urea groups is 1. The van der Waals surface area contributed by atoms with Gasteiger partial charge in [-0.2, -0.15) is 0 Å². The third-order valence-corrected chi connectivity index (χ3v) is 4.92. The van der Waals surface area contributed by atoms with Gasteiger partial charge in [0.05, 0.1) is 5.69 Å². The number of nitrogens with zero attached hydrogens (tertiary/aromatic N) is 2. The molecule has 0 saturated carbocycles. The van der Waals surface area contributed by atoms with E-state index >= 15 is 0 Å². The van der Waals surface area contributed by atoms with Crippen molar-refractivity contribution in [2.24, 2.45) is 0 Å². The minimum atomic E-state index is -0.559. The van der Waals surface area contributed by atoms with Crippen molar-refractivity contribution < 1.29 is 14.0 Å². The molecule has 4 nitrogen and oxygen atoms in total. The van der Waals surface area contributed by atoms with E-state index in [1.54, 1.807) is 22.3 Å². The van der Waals surface area contributed by atoms with E-state index in [0.29, 0.717) is 6.54 Å². The van der Waals surface area contributed by atoms with Crippen LogP contribution in [-0.4, -0.2) is 23.4 Å². The van der Waals surface area contributed by atoms with Crippen LogP contribution in [0, 0.1) is 5.82 Å². The van der Waals surface area contributed by atoms with E-state index in [4.69, 9.17) is 0 Å². The molecule has 21 heavy (non-hydrogen) atoms. The number of benzene rings is 1. The van der Waals surface area contributed by atoms with Gasteiger partial charge in [-0.3, -0.25) is 4.79 Å². The third-order valence-electron chi connectivity index (χ3n) is 3.92. The lowest BCUT2D eigenvalue weighted by atomic mass is 10.0. The number of carbonyl (C=O) groups is 2. The van der Waals surface area contributed by atoms with Crippen LogP contribution in [0.1, 0.15) is 16.5 Å². The molecule has 2 aliphatic heterocycles. The SMILES string of the molecule is O=C1C2c3ccsc3CCN2C(=O)N1c1cccc(F)c1. The summed E-state index contributed by atoms with van der Waals surface area (Å²) in [5.41, 5.74) is 1.19. The molecule has 0 spiro atoms. The minimum Gasteiger partial charge on any atom is -0.307 e. The van der Waals surface area contributed by atoms with Crippen LogP contribution in [0.4, 0.5) is 14.9 Å². The van der Waals surface area contributed by atoms with Crippen LogP contribution in [0.2, 0.25) is 0 Å². The fourth-order valence-corrected chi connectivity index (χ4v) is 3.89. The molecule has 0 radical (unpaired) electrons. The molecule has 1 fully saturated rings. The van der Waals surface area contributed by atoms with Gasteiger partial charge in [0.15, 0.2) is 0 Å². The Morgan fingerprint density at radius 1 is 1.24 bits per heavy atom. The minimum absolute atomic E-state index is 0.288. The Bertz CT molecular complexity index is 758. The summed E-state index contributed by atoms with van der Waals surface area (Å²) in [6.45, 7) is 0.522. The van der Waals surface area contributed by atoms with E-state index in [9.17, 15) is 14.0 Å². The maximum absolute atomic E-state index is 13.4. The summed E-state index contributed by atoms with van der Waals surface area (Å²) in [7, 11) is 0. The zero-order valence-corrected chi connectivity index (χ0v) is 11.8. The maximum atomic E-state index is 13.4. The van der Waals surface area contributed by atoms with Gasteiger partial charge in [0.2, 0.25) is 0 Å². The van der Waals surface area contributed by atoms with Gasteiger partial charge >= 0.3 is 6.03 Å². The lowest BCUT2D eigenvalue weighted by molar-refractivity contribution is -0.120. The molecule has 3 amide bonds. The molecule has 1 aromatic heterocycles. The molecule has 2 aliphatic rings. The summed E-state index contributed by atoms with van der Waals surface area (Å²) >= 11 is 1.61. The van der Waals surface area contributed by atoms with Crippen LogP contribution in [-0.2, 0) is 11.2 Å². The number of imide groups is 1. The number of halogens is 1. The van der Waals surface area contributed by atoms with Crippen molar-refractivity contribution >= 4 is 29.0 Å². The molecule has 1 aromatic carbocycles. The van der Waals surface area contributed by atoms with Gasteiger partial charge < -0.3 is 4.90 Å². The van der Waals surface area contributed by atoms with E-state index in [1.165, 1.54) is 18.2 Å².